The van der Waals surface area contributed by atoms with E-state index in [1.165, 1.54) is 4.31 Å². The van der Waals surface area contributed by atoms with E-state index in [9.17, 15) is 12.6 Å². The van der Waals surface area contributed by atoms with Gasteiger partial charge in [0.15, 0.2) is 0 Å². The largest absolute Gasteiger partial charge is 0.275 e. The number of hydrogen-bond donors (Lipinski definition) is 1. The van der Waals surface area contributed by atoms with Crippen molar-refractivity contribution in [3.05, 3.63) is 65.5 Å². The summed E-state index contributed by atoms with van der Waals surface area (Å²) in [4.78, 5) is 0.291. The molecule has 7 nitrogen and oxygen atoms in total. The molecule has 1 aliphatic rings. The number of aromatic nitrogens is 2. The maximum atomic E-state index is 13.9. The maximum Gasteiger partial charge on any atom is 0.264 e. The monoisotopic (exact) mass is 500 g/mol. The van der Waals surface area contributed by atoms with Crippen molar-refractivity contribution in [2.45, 2.75) is 56.7 Å². The lowest BCUT2D eigenvalue weighted by Gasteiger charge is -2.37. The number of para-hydroxylation sites is 1. The van der Waals surface area contributed by atoms with E-state index < -0.39 is 25.8 Å². The highest BCUT2D eigenvalue weighted by Crippen LogP contribution is 2.40. The van der Waals surface area contributed by atoms with Gasteiger partial charge in [-0.1, -0.05) is 24.3 Å². The molecule has 0 spiro atoms. The number of benzene rings is 2. The minimum atomic E-state index is -3.79. The Morgan fingerprint density at radius 1 is 1.09 bits per heavy atom. The zero-order valence-electron chi connectivity index (χ0n) is 20.5. The van der Waals surface area contributed by atoms with E-state index in [4.69, 9.17) is 0 Å². The van der Waals surface area contributed by atoms with Gasteiger partial charge in [0.25, 0.3) is 10.0 Å². The summed E-state index contributed by atoms with van der Waals surface area (Å²) in [6.07, 6.45) is 4.20. The lowest BCUT2D eigenvalue weighted by atomic mass is 9.96. The molecule has 182 valence electrons. The van der Waals surface area contributed by atoms with Gasteiger partial charge in [0.1, 0.15) is 0 Å². The van der Waals surface area contributed by atoms with Gasteiger partial charge >= 0.3 is 0 Å². The fourth-order valence-corrected chi connectivity index (χ4v) is 6.93. The van der Waals surface area contributed by atoms with Crippen molar-refractivity contribution in [3.63, 3.8) is 0 Å². The van der Waals surface area contributed by atoms with Crippen molar-refractivity contribution in [2.24, 2.45) is 7.05 Å². The molecule has 0 saturated carbocycles. The second kappa shape index (κ2) is 8.94. The Morgan fingerprint density at radius 2 is 1.82 bits per heavy atom. The number of nitrogens with one attached hydrogen (secondary N) is 1. The average Bonchev–Trinajstić information content (AvgIpc) is 3.19. The van der Waals surface area contributed by atoms with Gasteiger partial charge in [-0.25, -0.2) is 17.3 Å². The molecule has 2 heterocycles. The number of rotatable bonds is 5. The van der Waals surface area contributed by atoms with Crippen LogP contribution in [-0.4, -0.2) is 33.7 Å². The summed E-state index contributed by atoms with van der Waals surface area (Å²) >= 11 is 0. The molecule has 3 aromatic rings. The van der Waals surface area contributed by atoms with Gasteiger partial charge in [0, 0.05) is 31.4 Å². The Morgan fingerprint density at radius 3 is 2.44 bits per heavy atom. The summed E-state index contributed by atoms with van der Waals surface area (Å²) in [6, 6.07) is 11.0. The Labute approximate surface area is 204 Å². The molecule has 0 bridgehead atoms. The first-order valence-corrected chi connectivity index (χ1v) is 13.9. The molecule has 4 rings (SSSR count). The third-order valence-corrected chi connectivity index (χ3v) is 9.67. The standard InChI is InChI=1S/C25H32N4O3S2/c1-17-8-7-9-21-22(27-33(30)25(3,4)5)12-13-29(24(17)21)34(31,32)23-11-10-19(14-18(23)2)20-15-26-28(6)16-20/h7-11,14-16,22,27H,12-13H2,1-6H3/t22-,33?/m0/s1. The lowest BCUT2D eigenvalue weighted by molar-refractivity contribution is 0.548. The van der Waals surface area contributed by atoms with Gasteiger partial charge < -0.3 is 0 Å². The van der Waals surface area contributed by atoms with Crippen LogP contribution in [0.4, 0.5) is 5.69 Å². The SMILES string of the molecule is Cc1cc(-c2cnn(C)c2)ccc1S(=O)(=O)N1CC[C@H](NS(=O)C(C)(C)C)c2cccc(C)c21. The normalized spacial score (nSPS) is 17.5. The van der Waals surface area contributed by atoms with Crippen LogP contribution in [0.3, 0.4) is 0 Å². The fourth-order valence-electron chi connectivity index (χ4n) is 4.29. The smallest absolute Gasteiger partial charge is 0.264 e. The van der Waals surface area contributed by atoms with Crippen LogP contribution in [0.5, 0.6) is 0 Å². The molecular formula is C25H32N4O3S2. The molecule has 2 atom stereocenters. The third kappa shape index (κ3) is 4.56. The highest BCUT2D eigenvalue weighted by Gasteiger charge is 2.36. The maximum absolute atomic E-state index is 13.9. The Bertz CT molecular complexity index is 1360. The summed E-state index contributed by atoms with van der Waals surface area (Å²) in [7, 11) is -3.21. The molecule has 9 heteroatoms. The molecule has 0 saturated heterocycles. The van der Waals surface area contributed by atoms with Crippen LogP contribution in [0.1, 0.15) is 49.9 Å². The summed E-state index contributed by atoms with van der Waals surface area (Å²) in [5.74, 6) is 0. The van der Waals surface area contributed by atoms with Crippen molar-refractivity contribution in [1.29, 1.82) is 0 Å². The van der Waals surface area contributed by atoms with Crippen LogP contribution in [0, 0.1) is 13.8 Å². The van der Waals surface area contributed by atoms with Crippen LogP contribution in [0.15, 0.2) is 53.7 Å². The van der Waals surface area contributed by atoms with E-state index in [0.29, 0.717) is 29.1 Å². The van der Waals surface area contributed by atoms with Crippen molar-refractivity contribution < 1.29 is 12.6 Å². The molecule has 0 fully saturated rings. The first kappa shape index (κ1) is 24.6. The van der Waals surface area contributed by atoms with Crippen molar-refractivity contribution >= 4 is 26.7 Å². The summed E-state index contributed by atoms with van der Waals surface area (Å²) < 4.78 is 46.6. The quantitative estimate of drug-likeness (QED) is 0.563. The Kier molecular flexibility index (Phi) is 6.48. The summed E-state index contributed by atoms with van der Waals surface area (Å²) in [5.41, 5.74) is 4.96. The molecule has 1 N–H and O–H groups in total. The molecular weight excluding hydrogens is 468 g/mol. The highest BCUT2D eigenvalue weighted by molar-refractivity contribution is 7.93. The summed E-state index contributed by atoms with van der Waals surface area (Å²) in [5, 5.41) is 4.21. The number of fused-ring (bicyclic) bond motifs is 1. The van der Waals surface area contributed by atoms with Gasteiger partial charge in [-0.05, 0) is 75.4 Å². The van der Waals surface area contributed by atoms with E-state index in [1.807, 2.05) is 78.2 Å². The van der Waals surface area contributed by atoms with E-state index in [0.717, 1.165) is 22.3 Å². The number of hydrogen-bond acceptors (Lipinski definition) is 4. The van der Waals surface area contributed by atoms with Gasteiger partial charge in [-0.15, -0.1) is 0 Å². The number of nitrogens with zero attached hydrogens (tertiary/aromatic N) is 3. The van der Waals surface area contributed by atoms with Crippen LogP contribution < -0.4 is 9.03 Å². The minimum absolute atomic E-state index is 0.185. The number of sulfonamides is 1. The Hall–Kier alpha value is -2.49. The first-order chi connectivity index (χ1) is 15.9. The van der Waals surface area contributed by atoms with Crippen LogP contribution in [0.2, 0.25) is 0 Å². The van der Waals surface area contributed by atoms with Crippen molar-refractivity contribution in [1.82, 2.24) is 14.5 Å². The predicted molar refractivity (Wildman–Crippen MR) is 137 cm³/mol. The van der Waals surface area contributed by atoms with Gasteiger partial charge in [0.05, 0.1) is 32.5 Å². The van der Waals surface area contributed by atoms with Gasteiger partial charge in [-0.2, -0.15) is 5.10 Å². The van der Waals surface area contributed by atoms with Gasteiger partial charge in [-0.3, -0.25) is 8.99 Å². The second-order valence-electron chi connectivity index (χ2n) is 9.81. The van der Waals surface area contributed by atoms with Gasteiger partial charge in [0.2, 0.25) is 0 Å². The molecule has 1 unspecified atom stereocenters. The zero-order chi connectivity index (χ0) is 24.8. The van der Waals surface area contributed by atoms with E-state index in [-0.39, 0.29) is 6.04 Å². The van der Waals surface area contributed by atoms with E-state index in [1.54, 1.807) is 16.9 Å². The van der Waals surface area contributed by atoms with Crippen molar-refractivity contribution in [2.75, 3.05) is 10.8 Å². The highest BCUT2D eigenvalue weighted by atomic mass is 32.2. The van der Waals surface area contributed by atoms with E-state index in [2.05, 4.69) is 9.82 Å². The lowest BCUT2D eigenvalue weighted by Crippen LogP contribution is -2.43. The molecule has 1 aromatic heterocycles. The van der Waals surface area contributed by atoms with Crippen LogP contribution in [-0.2, 0) is 28.1 Å². The predicted octanol–water partition coefficient (Wildman–Crippen LogP) is 4.40. The van der Waals surface area contributed by atoms with Crippen LogP contribution in [0.25, 0.3) is 11.1 Å². The molecule has 1 aliphatic heterocycles. The second-order valence-corrected chi connectivity index (χ2v) is 13.6. The van der Waals surface area contributed by atoms with Crippen molar-refractivity contribution in [3.8, 4) is 11.1 Å². The molecule has 0 radical (unpaired) electrons. The fraction of sp³-hybridized carbons (Fsp3) is 0.400. The minimum Gasteiger partial charge on any atom is -0.275 e. The molecule has 0 aliphatic carbocycles. The average molecular weight is 501 g/mol. The Balaban J connectivity index is 1.72. The topological polar surface area (TPSA) is 84.3 Å². The third-order valence-electron chi connectivity index (χ3n) is 6.10. The molecule has 34 heavy (non-hydrogen) atoms. The van der Waals surface area contributed by atoms with E-state index >= 15 is 0 Å². The molecule has 0 amide bonds. The first-order valence-electron chi connectivity index (χ1n) is 11.3. The zero-order valence-corrected chi connectivity index (χ0v) is 22.1. The molecule has 2 aromatic carbocycles. The number of aryl methyl sites for hydroxylation is 3. The summed E-state index contributed by atoms with van der Waals surface area (Å²) in [6.45, 7) is 9.82. The number of anilines is 1. The van der Waals surface area contributed by atoms with Crippen LogP contribution >= 0.6 is 0 Å².